The minimum atomic E-state index is -3.41. The number of nitrogens with one attached hydrogen (secondary N) is 2. The van der Waals surface area contributed by atoms with Crippen LogP contribution in [0, 0.1) is 0 Å². The number of anilines is 1. The average Bonchev–Trinajstić information content (AvgIpc) is 3.30. The number of para-hydroxylation sites is 1. The lowest BCUT2D eigenvalue weighted by atomic mass is 10.3. The molecule has 7 heteroatoms. The van der Waals surface area contributed by atoms with E-state index in [0.29, 0.717) is 15.8 Å². The van der Waals surface area contributed by atoms with Crippen molar-refractivity contribution in [2.75, 3.05) is 29.1 Å². The van der Waals surface area contributed by atoms with Gasteiger partial charge in [-0.1, -0.05) is 12.1 Å². The Morgan fingerprint density at radius 3 is 2.71 bits per heavy atom. The van der Waals surface area contributed by atoms with Crippen molar-refractivity contribution in [3.63, 3.8) is 0 Å². The SMILES string of the molecule is O=S(=O)(NC1CC1)c1ccccc1NCC1CSCCS1. The molecule has 2 aliphatic rings. The molecule has 1 atom stereocenters. The van der Waals surface area contributed by atoms with Crippen molar-refractivity contribution in [1.82, 2.24) is 4.72 Å². The number of sulfonamides is 1. The maximum atomic E-state index is 12.4. The largest absolute Gasteiger partial charge is 0.383 e. The molecule has 1 aromatic rings. The first kappa shape index (κ1) is 15.5. The van der Waals surface area contributed by atoms with Crippen LogP contribution < -0.4 is 10.0 Å². The Labute approximate surface area is 134 Å². The fraction of sp³-hybridized carbons (Fsp3) is 0.571. The van der Waals surface area contributed by atoms with Crippen LogP contribution in [0.3, 0.4) is 0 Å². The van der Waals surface area contributed by atoms with Crippen molar-refractivity contribution >= 4 is 39.2 Å². The molecule has 1 heterocycles. The molecule has 0 radical (unpaired) electrons. The van der Waals surface area contributed by atoms with Gasteiger partial charge in [-0.15, -0.1) is 0 Å². The van der Waals surface area contributed by atoms with Gasteiger partial charge in [-0.25, -0.2) is 13.1 Å². The number of hydrogen-bond acceptors (Lipinski definition) is 5. The van der Waals surface area contributed by atoms with E-state index in [1.807, 2.05) is 35.7 Å². The summed E-state index contributed by atoms with van der Waals surface area (Å²) in [5, 5.41) is 3.88. The highest BCUT2D eigenvalue weighted by atomic mass is 32.2. The second-order valence-corrected chi connectivity index (χ2v) is 9.58. The summed E-state index contributed by atoms with van der Waals surface area (Å²) in [5.41, 5.74) is 0.710. The van der Waals surface area contributed by atoms with Crippen LogP contribution in [0.15, 0.2) is 29.2 Å². The molecule has 0 spiro atoms. The summed E-state index contributed by atoms with van der Waals surface area (Å²) in [5.74, 6) is 3.53. The Morgan fingerprint density at radius 1 is 1.19 bits per heavy atom. The lowest BCUT2D eigenvalue weighted by Gasteiger charge is -2.22. The predicted octanol–water partition coefficient (Wildman–Crippen LogP) is 2.39. The zero-order valence-corrected chi connectivity index (χ0v) is 14.2. The van der Waals surface area contributed by atoms with E-state index in [2.05, 4.69) is 10.0 Å². The Balaban J connectivity index is 1.69. The van der Waals surface area contributed by atoms with Gasteiger partial charge in [0, 0.05) is 35.1 Å². The van der Waals surface area contributed by atoms with Crippen molar-refractivity contribution in [1.29, 1.82) is 0 Å². The molecule has 0 aromatic heterocycles. The van der Waals surface area contributed by atoms with Crippen molar-refractivity contribution < 1.29 is 8.42 Å². The van der Waals surface area contributed by atoms with Crippen LogP contribution in [0.4, 0.5) is 5.69 Å². The standard InChI is InChI=1S/C14H20N2O2S3/c17-21(18,16-11-5-6-11)14-4-2-1-3-13(14)15-9-12-10-19-7-8-20-12/h1-4,11-12,15-16H,5-10H2. The van der Waals surface area contributed by atoms with Crippen LogP contribution in [0.1, 0.15) is 12.8 Å². The minimum absolute atomic E-state index is 0.133. The third-order valence-corrected chi connectivity index (χ3v) is 7.90. The number of thioether (sulfide) groups is 2. The summed E-state index contributed by atoms with van der Waals surface area (Å²) in [6.45, 7) is 0.813. The maximum Gasteiger partial charge on any atom is 0.242 e. The van der Waals surface area contributed by atoms with Gasteiger partial charge in [0.2, 0.25) is 10.0 Å². The summed E-state index contributed by atoms with van der Waals surface area (Å²) in [7, 11) is -3.41. The van der Waals surface area contributed by atoms with Crippen LogP contribution in [0.5, 0.6) is 0 Å². The van der Waals surface area contributed by atoms with Gasteiger partial charge >= 0.3 is 0 Å². The van der Waals surface area contributed by atoms with Crippen LogP contribution >= 0.6 is 23.5 Å². The van der Waals surface area contributed by atoms with Crippen molar-refractivity contribution in [2.24, 2.45) is 0 Å². The summed E-state index contributed by atoms with van der Waals surface area (Å²) in [4.78, 5) is 0.366. The van der Waals surface area contributed by atoms with Gasteiger partial charge in [0.05, 0.1) is 5.69 Å². The van der Waals surface area contributed by atoms with E-state index in [4.69, 9.17) is 0 Å². The molecule has 2 fully saturated rings. The van der Waals surface area contributed by atoms with Crippen LogP contribution in [0.2, 0.25) is 0 Å². The molecule has 3 rings (SSSR count). The number of benzene rings is 1. The monoisotopic (exact) mass is 344 g/mol. The van der Waals surface area contributed by atoms with Crippen LogP contribution in [-0.2, 0) is 10.0 Å². The third kappa shape index (κ3) is 4.31. The highest BCUT2D eigenvalue weighted by Crippen LogP contribution is 2.28. The lowest BCUT2D eigenvalue weighted by Crippen LogP contribution is -2.28. The molecular formula is C14H20N2O2S3. The summed E-state index contributed by atoms with van der Waals surface area (Å²) in [6, 6.07) is 7.31. The van der Waals surface area contributed by atoms with Gasteiger partial charge in [-0.3, -0.25) is 0 Å². The third-order valence-electron chi connectivity index (χ3n) is 3.48. The smallest absolute Gasteiger partial charge is 0.242 e. The highest BCUT2D eigenvalue weighted by molar-refractivity contribution is 8.06. The molecular weight excluding hydrogens is 324 g/mol. The fourth-order valence-electron chi connectivity index (χ4n) is 2.21. The highest BCUT2D eigenvalue weighted by Gasteiger charge is 2.29. The van der Waals surface area contributed by atoms with Crippen molar-refractivity contribution in [3.8, 4) is 0 Å². The van der Waals surface area contributed by atoms with Gasteiger partial charge in [-0.05, 0) is 25.0 Å². The van der Waals surface area contributed by atoms with E-state index in [9.17, 15) is 8.42 Å². The molecule has 116 valence electrons. The molecule has 1 aromatic carbocycles. The predicted molar refractivity (Wildman–Crippen MR) is 91.8 cm³/mol. The minimum Gasteiger partial charge on any atom is -0.383 e. The molecule has 1 aliphatic heterocycles. The Morgan fingerprint density at radius 2 is 2.00 bits per heavy atom. The maximum absolute atomic E-state index is 12.4. The zero-order valence-electron chi connectivity index (χ0n) is 11.7. The van der Waals surface area contributed by atoms with E-state index in [-0.39, 0.29) is 6.04 Å². The molecule has 4 nitrogen and oxygen atoms in total. The molecule has 2 N–H and O–H groups in total. The second-order valence-electron chi connectivity index (χ2n) is 5.34. The molecule has 1 saturated heterocycles. The Kier molecular flexibility index (Phi) is 5.03. The van der Waals surface area contributed by atoms with Gasteiger partial charge in [0.15, 0.2) is 0 Å². The van der Waals surface area contributed by atoms with Gasteiger partial charge in [0.25, 0.3) is 0 Å². The normalized spacial score (nSPS) is 23.0. The summed E-state index contributed by atoms with van der Waals surface area (Å²) < 4.78 is 27.5. The van der Waals surface area contributed by atoms with Gasteiger partial charge in [-0.2, -0.15) is 23.5 Å². The molecule has 0 bridgehead atoms. The lowest BCUT2D eigenvalue weighted by molar-refractivity contribution is 0.581. The van der Waals surface area contributed by atoms with Gasteiger partial charge in [0.1, 0.15) is 4.90 Å². The van der Waals surface area contributed by atoms with E-state index in [1.54, 1.807) is 12.1 Å². The topological polar surface area (TPSA) is 58.2 Å². The number of hydrogen-bond donors (Lipinski definition) is 2. The first-order chi connectivity index (χ1) is 10.1. The average molecular weight is 345 g/mol. The van der Waals surface area contributed by atoms with E-state index >= 15 is 0 Å². The van der Waals surface area contributed by atoms with E-state index in [1.165, 1.54) is 11.5 Å². The van der Waals surface area contributed by atoms with Crippen molar-refractivity contribution in [2.45, 2.75) is 29.0 Å². The Hall–Kier alpha value is -0.370. The summed E-state index contributed by atoms with van der Waals surface area (Å²) in [6.07, 6.45) is 1.90. The molecule has 0 amide bonds. The van der Waals surface area contributed by atoms with Crippen molar-refractivity contribution in [3.05, 3.63) is 24.3 Å². The van der Waals surface area contributed by atoms with Gasteiger partial charge < -0.3 is 5.32 Å². The number of rotatable bonds is 6. The molecule has 1 unspecified atom stereocenters. The van der Waals surface area contributed by atoms with Crippen LogP contribution in [-0.4, -0.2) is 43.5 Å². The zero-order chi connectivity index (χ0) is 14.7. The van der Waals surface area contributed by atoms with E-state index in [0.717, 1.165) is 25.1 Å². The first-order valence-corrected chi connectivity index (χ1v) is 10.9. The molecule has 21 heavy (non-hydrogen) atoms. The quantitative estimate of drug-likeness (QED) is 0.830. The summed E-state index contributed by atoms with van der Waals surface area (Å²) >= 11 is 3.94. The van der Waals surface area contributed by atoms with E-state index < -0.39 is 10.0 Å². The first-order valence-electron chi connectivity index (χ1n) is 7.20. The fourth-order valence-corrected chi connectivity index (χ4v) is 6.31. The Bertz CT molecular complexity index is 582. The molecule has 1 saturated carbocycles. The van der Waals surface area contributed by atoms with Crippen LogP contribution in [0.25, 0.3) is 0 Å². The second kappa shape index (κ2) is 6.81. The molecule has 1 aliphatic carbocycles.